The van der Waals surface area contributed by atoms with Crippen molar-refractivity contribution in [1.29, 1.82) is 0 Å². The molecular formula is C17H27NS. The van der Waals surface area contributed by atoms with Crippen molar-refractivity contribution in [2.24, 2.45) is 17.6 Å². The molecule has 19 heavy (non-hydrogen) atoms. The highest BCUT2D eigenvalue weighted by atomic mass is 32.2. The molecule has 0 aliphatic heterocycles. The van der Waals surface area contributed by atoms with Crippen molar-refractivity contribution in [3.05, 3.63) is 29.8 Å². The molecule has 2 heteroatoms. The van der Waals surface area contributed by atoms with Gasteiger partial charge >= 0.3 is 0 Å². The number of benzene rings is 1. The van der Waals surface area contributed by atoms with E-state index in [1.54, 1.807) is 0 Å². The van der Waals surface area contributed by atoms with E-state index in [0.717, 1.165) is 17.6 Å². The van der Waals surface area contributed by atoms with Gasteiger partial charge in [0.2, 0.25) is 0 Å². The molecule has 1 aromatic carbocycles. The fourth-order valence-corrected chi connectivity index (χ4v) is 4.23. The zero-order chi connectivity index (χ0) is 13.7. The molecule has 3 unspecified atom stereocenters. The van der Waals surface area contributed by atoms with Gasteiger partial charge in [-0.3, -0.25) is 0 Å². The lowest BCUT2D eigenvalue weighted by Crippen LogP contribution is -2.35. The van der Waals surface area contributed by atoms with Gasteiger partial charge in [-0.2, -0.15) is 0 Å². The molecule has 1 aliphatic rings. The van der Waals surface area contributed by atoms with Crippen molar-refractivity contribution in [3.63, 3.8) is 0 Å². The Hall–Kier alpha value is -0.470. The predicted octanol–water partition coefficient (Wildman–Crippen LogP) is 4.63. The molecule has 3 atom stereocenters. The minimum atomic E-state index is 0.361. The Bertz CT molecular complexity index is 391. The van der Waals surface area contributed by atoms with E-state index in [1.807, 2.05) is 11.8 Å². The summed E-state index contributed by atoms with van der Waals surface area (Å²) in [6, 6.07) is 9.10. The Morgan fingerprint density at radius 3 is 2.95 bits per heavy atom. The molecule has 0 heterocycles. The van der Waals surface area contributed by atoms with Crippen LogP contribution in [0.2, 0.25) is 0 Å². The summed E-state index contributed by atoms with van der Waals surface area (Å²) in [4.78, 5) is 1.36. The molecule has 1 nitrogen and oxygen atoms in total. The van der Waals surface area contributed by atoms with E-state index >= 15 is 0 Å². The first-order valence-electron chi connectivity index (χ1n) is 7.64. The Morgan fingerprint density at radius 1 is 1.37 bits per heavy atom. The van der Waals surface area contributed by atoms with Crippen LogP contribution in [0.15, 0.2) is 29.2 Å². The normalized spacial score (nSPS) is 25.2. The molecule has 1 aromatic rings. The van der Waals surface area contributed by atoms with Crippen LogP contribution >= 0.6 is 11.8 Å². The van der Waals surface area contributed by atoms with Crippen LogP contribution in [-0.4, -0.2) is 11.8 Å². The Labute approximate surface area is 122 Å². The van der Waals surface area contributed by atoms with Gasteiger partial charge in [0.1, 0.15) is 0 Å². The van der Waals surface area contributed by atoms with Gasteiger partial charge in [0.05, 0.1) is 0 Å². The van der Waals surface area contributed by atoms with Crippen LogP contribution in [0.1, 0.15) is 44.6 Å². The largest absolute Gasteiger partial charge is 0.327 e. The van der Waals surface area contributed by atoms with Crippen LogP contribution in [0.4, 0.5) is 0 Å². The molecule has 2 N–H and O–H groups in total. The van der Waals surface area contributed by atoms with Gasteiger partial charge in [-0.1, -0.05) is 43.9 Å². The van der Waals surface area contributed by atoms with Crippen LogP contribution in [0.25, 0.3) is 0 Å². The third-order valence-corrected chi connectivity index (χ3v) is 5.58. The summed E-state index contributed by atoms with van der Waals surface area (Å²) in [5.74, 6) is 2.73. The quantitative estimate of drug-likeness (QED) is 0.794. The lowest BCUT2D eigenvalue weighted by molar-refractivity contribution is 0.238. The highest BCUT2D eigenvalue weighted by Crippen LogP contribution is 2.33. The second-order valence-electron chi connectivity index (χ2n) is 5.99. The first kappa shape index (κ1) is 14.9. The second kappa shape index (κ2) is 7.35. The van der Waals surface area contributed by atoms with E-state index in [-0.39, 0.29) is 0 Å². The molecule has 0 aromatic heterocycles. The topological polar surface area (TPSA) is 26.0 Å². The second-order valence-corrected chi connectivity index (χ2v) is 7.09. The maximum absolute atomic E-state index is 6.43. The molecule has 106 valence electrons. The average molecular weight is 277 g/mol. The molecule has 0 radical (unpaired) electrons. The SMILES string of the molecule is CCC1CCCC(C(N)CSc2cccc(C)c2)C1. The van der Waals surface area contributed by atoms with Gasteiger partial charge < -0.3 is 5.73 Å². The molecule has 2 rings (SSSR count). The molecule has 1 fully saturated rings. The number of hydrogen-bond donors (Lipinski definition) is 1. The van der Waals surface area contributed by atoms with Crippen LogP contribution in [-0.2, 0) is 0 Å². The lowest BCUT2D eigenvalue weighted by Gasteiger charge is -2.32. The predicted molar refractivity (Wildman–Crippen MR) is 85.6 cm³/mol. The summed E-state index contributed by atoms with van der Waals surface area (Å²) in [5, 5.41) is 0. The van der Waals surface area contributed by atoms with Crippen molar-refractivity contribution in [2.45, 2.75) is 56.9 Å². The molecule has 0 spiro atoms. The van der Waals surface area contributed by atoms with Crippen molar-refractivity contribution < 1.29 is 0 Å². The summed E-state index contributed by atoms with van der Waals surface area (Å²) in [7, 11) is 0. The van der Waals surface area contributed by atoms with E-state index in [2.05, 4.69) is 38.1 Å². The monoisotopic (exact) mass is 277 g/mol. The summed E-state index contributed by atoms with van der Waals surface area (Å²) in [6.45, 7) is 4.47. The van der Waals surface area contributed by atoms with Gasteiger partial charge in [0, 0.05) is 16.7 Å². The van der Waals surface area contributed by atoms with E-state index in [4.69, 9.17) is 5.73 Å². The maximum atomic E-state index is 6.43. The molecular weight excluding hydrogens is 250 g/mol. The fraction of sp³-hybridized carbons (Fsp3) is 0.647. The zero-order valence-corrected chi connectivity index (χ0v) is 13.1. The highest BCUT2D eigenvalue weighted by molar-refractivity contribution is 7.99. The van der Waals surface area contributed by atoms with Crippen LogP contribution in [0.5, 0.6) is 0 Å². The van der Waals surface area contributed by atoms with Gasteiger partial charge in [0.15, 0.2) is 0 Å². The lowest BCUT2D eigenvalue weighted by atomic mass is 9.77. The summed E-state index contributed by atoms with van der Waals surface area (Å²) in [5.41, 5.74) is 7.77. The Morgan fingerprint density at radius 2 is 2.21 bits per heavy atom. The summed E-state index contributed by atoms with van der Waals surface area (Å²) < 4.78 is 0. The van der Waals surface area contributed by atoms with Crippen molar-refractivity contribution in [2.75, 3.05) is 5.75 Å². The average Bonchev–Trinajstić information content (AvgIpc) is 2.45. The Kier molecular flexibility index (Phi) is 5.77. The summed E-state index contributed by atoms with van der Waals surface area (Å²) in [6.07, 6.45) is 6.82. The number of nitrogens with two attached hydrogens (primary N) is 1. The van der Waals surface area contributed by atoms with E-state index in [0.29, 0.717) is 6.04 Å². The van der Waals surface area contributed by atoms with Crippen molar-refractivity contribution >= 4 is 11.8 Å². The molecule has 1 saturated carbocycles. The van der Waals surface area contributed by atoms with Crippen LogP contribution in [0, 0.1) is 18.8 Å². The number of rotatable bonds is 5. The third-order valence-electron chi connectivity index (χ3n) is 4.44. The van der Waals surface area contributed by atoms with Crippen molar-refractivity contribution in [1.82, 2.24) is 0 Å². The van der Waals surface area contributed by atoms with Gasteiger partial charge in [0.25, 0.3) is 0 Å². The fourth-order valence-electron chi connectivity index (χ4n) is 3.13. The minimum Gasteiger partial charge on any atom is -0.327 e. The molecule has 1 aliphatic carbocycles. The molecule has 0 amide bonds. The third kappa shape index (κ3) is 4.54. The van der Waals surface area contributed by atoms with Gasteiger partial charge in [-0.05, 0) is 43.7 Å². The highest BCUT2D eigenvalue weighted by Gasteiger charge is 2.25. The number of aryl methyl sites for hydroxylation is 1. The standard InChI is InChI=1S/C17H27NS/c1-3-14-7-5-8-15(11-14)17(18)12-19-16-9-4-6-13(2)10-16/h4,6,9-10,14-15,17H,3,5,7-8,11-12,18H2,1-2H3. The molecule has 0 saturated heterocycles. The molecule has 0 bridgehead atoms. The minimum absolute atomic E-state index is 0.361. The summed E-state index contributed by atoms with van der Waals surface area (Å²) >= 11 is 1.92. The number of thioether (sulfide) groups is 1. The Balaban J connectivity index is 1.82. The van der Waals surface area contributed by atoms with E-state index in [9.17, 15) is 0 Å². The van der Waals surface area contributed by atoms with Crippen molar-refractivity contribution in [3.8, 4) is 0 Å². The van der Waals surface area contributed by atoms with Crippen LogP contribution < -0.4 is 5.73 Å². The van der Waals surface area contributed by atoms with E-state index in [1.165, 1.54) is 42.6 Å². The zero-order valence-electron chi connectivity index (χ0n) is 12.3. The maximum Gasteiger partial charge on any atom is 0.0162 e. The first-order valence-corrected chi connectivity index (χ1v) is 8.62. The van der Waals surface area contributed by atoms with Crippen LogP contribution in [0.3, 0.4) is 0 Å². The van der Waals surface area contributed by atoms with Gasteiger partial charge in [-0.15, -0.1) is 11.8 Å². The van der Waals surface area contributed by atoms with Gasteiger partial charge in [-0.25, -0.2) is 0 Å². The number of hydrogen-bond acceptors (Lipinski definition) is 2. The first-order chi connectivity index (χ1) is 9.19. The smallest absolute Gasteiger partial charge is 0.0162 e. The van der Waals surface area contributed by atoms with E-state index < -0.39 is 0 Å².